The van der Waals surface area contributed by atoms with Crippen molar-refractivity contribution in [2.45, 2.75) is 13.0 Å². The molecule has 0 fully saturated rings. The normalized spacial score (nSPS) is 21.8. The molecule has 1 aliphatic heterocycles. The monoisotopic (exact) mass is 160 g/mol. The second kappa shape index (κ2) is 2.99. The van der Waals surface area contributed by atoms with Crippen molar-refractivity contribution >= 4 is 5.69 Å². The summed E-state index contributed by atoms with van der Waals surface area (Å²) in [4.78, 5) is 0. The molecule has 1 N–H and O–H groups in total. The second-order valence-electron chi connectivity index (χ2n) is 2.96. The first-order valence-electron chi connectivity index (χ1n) is 4.15. The zero-order chi connectivity index (χ0) is 8.39. The van der Waals surface area contributed by atoms with Gasteiger partial charge < -0.3 is 0 Å². The molecule has 0 saturated carbocycles. The van der Waals surface area contributed by atoms with Crippen molar-refractivity contribution in [3.05, 3.63) is 42.6 Å². The van der Waals surface area contributed by atoms with E-state index >= 15 is 0 Å². The molecule has 2 heteroatoms. The number of benzene rings is 1. The molecule has 1 aromatic carbocycles. The molecule has 1 unspecified atom stereocenters. The number of nitrogens with zero attached hydrogens (tertiary/aromatic N) is 1. The Bertz CT molecular complexity index is 279. The van der Waals surface area contributed by atoms with Gasteiger partial charge in [0.2, 0.25) is 0 Å². The number of hydrazine groups is 1. The minimum absolute atomic E-state index is 0.435. The topological polar surface area (TPSA) is 15.3 Å². The van der Waals surface area contributed by atoms with E-state index in [1.165, 1.54) is 5.69 Å². The van der Waals surface area contributed by atoms with Crippen LogP contribution in [0.15, 0.2) is 42.6 Å². The Kier molecular flexibility index (Phi) is 1.84. The summed E-state index contributed by atoms with van der Waals surface area (Å²) in [5.41, 5.74) is 4.47. The Morgan fingerprint density at radius 1 is 1.25 bits per heavy atom. The Morgan fingerprint density at radius 3 is 2.58 bits per heavy atom. The van der Waals surface area contributed by atoms with Gasteiger partial charge in [-0.25, -0.2) is 5.43 Å². The van der Waals surface area contributed by atoms with Crippen molar-refractivity contribution in [1.82, 2.24) is 5.43 Å². The fourth-order valence-corrected chi connectivity index (χ4v) is 1.27. The molecule has 1 aliphatic rings. The molecule has 1 heterocycles. The van der Waals surface area contributed by atoms with E-state index in [9.17, 15) is 0 Å². The largest absolute Gasteiger partial charge is 0.284 e. The standard InChI is InChI=1S/C10H12N2/c1-9-7-8-12(11-9)10-5-3-2-4-6-10/h2-9,11H,1H3. The number of rotatable bonds is 1. The van der Waals surface area contributed by atoms with Gasteiger partial charge >= 0.3 is 0 Å². The Labute approximate surface area is 72.5 Å². The molecule has 1 aromatic rings. The molecular weight excluding hydrogens is 148 g/mol. The highest BCUT2D eigenvalue weighted by molar-refractivity contribution is 5.49. The lowest BCUT2D eigenvalue weighted by atomic mass is 10.3. The maximum atomic E-state index is 3.29. The lowest BCUT2D eigenvalue weighted by Crippen LogP contribution is -2.33. The summed E-state index contributed by atoms with van der Waals surface area (Å²) in [6, 6.07) is 10.7. The van der Waals surface area contributed by atoms with Crippen molar-refractivity contribution in [1.29, 1.82) is 0 Å². The van der Waals surface area contributed by atoms with Crippen LogP contribution in [0.4, 0.5) is 5.69 Å². The van der Waals surface area contributed by atoms with Crippen molar-refractivity contribution < 1.29 is 0 Å². The maximum Gasteiger partial charge on any atom is 0.0570 e. The lowest BCUT2D eigenvalue weighted by molar-refractivity contribution is 0.683. The lowest BCUT2D eigenvalue weighted by Gasteiger charge is -2.17. The van der Waals surface area contributed by atoms with Crippen LogP contribution in [0.25, 0.3) is 0 Å². The molecule has 1 atom stereocenters. The average Bonchev–Trinajstić information content (AvgIpc) is 2.54. The minimum atomic E-state index is 0.435. The van der Waals surface area contributed by atoms with Crippen LogP contribution < -0.4 is 10.4 Å². The first-order valence-corrected chi connectivity index (χ1v) is 4.15. The highest BCUT2D eigenvalue weighted by Crippen LogP contribution is 2.14. The molecule has 0 spiro atoms. The summed E-state index contributed by atoms with van der Waals surface area (Å²) in [6.45, 7) is 2.12. The number of nitrogens with one attached hydrogen (secondary N) is 1. The van der Waals surface area contributed by atoms with Gasteiger partial charge in [0, 0.05) is 12.2 Å². The smallest absolute Gasteiger partial charge is 0.0570 e. The van der Waals surface area contributed by atoms with Crippen molar-refractivity contribution in [3.8, 4) is 0 Å². The average molecular weight is 160 g/mol. The van der Waals surface area contributed by atoms with E-state index in [0.717, 1.165) is 0 Å². The maximum absolute atomic E-state index is 3.29. The van der Waals surface area contributed by atoms with E-state index in [1.807, 2.05) is 23.2 Å². The number of hydrogen-bond acceptors (Lipinski definition) is 2. The summed E-state index contributed by atoms with van der Waals surface area (Å²) >= 11 is 0. The number of hydrogen-bond donors (Lipinski definition) is 1. The van der Waals surface area contributed by atoms with Gasteiger partial charge in [-0.3, -0.25) is 5.01 Å². The molecule has 0 bridgehead atoms. The summed E-state index contributed by atoms with van der Waals surface area (Å²) in [5.74, 6) is 0. The van der Waals surface area contributed by atoms with Crippen LogP contribution in [0, 0.1) is 0 Å². The molecule has 0 aromatic heterocycles. The highest BCUT2D eigenvalue weighted by atomic mass is 15.5. The van der Waals surface area contributed by atoms with Crippen LogP contribution in [0.5, 0.6) is 0 Å². The summed E-state index contributed by atoms with van der Waals surface area (Å²) in [6.07, 6.45) is 4.19. The quantitative estimate of drug-likeness (QED) is 0.675. The fourth-order valence-electron chi connectivity index (χ4n) is 1.27. The number of para-hydroxylation sites is 1. The van der Waals surface area contributed by atoms with E-state index in [1.54, 1.807) is 0 Å². The van der Waals surface area contributed by atoms with Crippen LogP contribution in [-0.2, 0) is 0 Å². The van der Waals surface area contributed by atoms with Gasteiger partial charge in [0.25, 0.3) is 0 Å². The Hall–Kier alpha value is -1.28. The third kappa shape index (κ3) is 1.34. The summed E-state index contributed by atoms with van der Waals surface area (Å²) in [7, 11) is 0. The Morgan fingerprint density at radius 2 is 2.00 bits per heavy atom. The molecule has 0 aliphatic carbocycles. The van der Waals surface area contributed by atoms with E-state index in [4.69, 9.17) is 0 Å². The van der Waals surface area contributed by atoms with Gasteiger partial charge in [-0.05, 0) is 25.1 Å². The Balaban J connectivity index is 2.18. The third-order valence-electron chi connectivity index (χ3n) is 1.90. The van der Waals surface area contributed by atoms with Crippen LogP contribution in [-0.4, -0.2) is 6.04 Å². The SMILES string of the molecule is CC1C=CN(c2ccccc2)N1. The van der Waals surface area contributed by atoms with E-state index in [2.05, 4.69) is 36.8 Å². The van der Waals surface area contributed by atoms with Gasteiger partial charge in [0.05, 0.1) is 5.69 Å². The predicted molar refractivity (Wildman–Crippen MR) is 50.7 cm³/mol. The van der Waals surface area contributed by atoms with Gasteiger partial charge in [-0.15, -0.1) is 0 Å². The molecule has 2 rings (SSSR count). The molecule has 2 nitrogen and oxygen atoms in total. The van der Waals surface area contributed by atoms with Crippen molar-refractivity contribution in [2.75, 3.05) is 5.01 Å². The van der Waals surface area contributed by atoms with E-state index in [0.29, 0.717) is 6.04 Å². The fraction of sp³-hybridized carbons (Fsp3) is 0.200. The van der Waals surface area contributed by atoms with Crippen LogP contribution >= 0.6 is 0 Å². The molecule has 0 radical (unpaired) electrons. The number of anilines is 1. The van der Waals surface area contributed by atoms with Crippen molar-refractivity contribution in [3.63, 3.8) is 0 Å². The highest BCUT2D eigenvalue weighted by Gasteiger charge is 2.10. The van der Waals surface area contributed by atoms with Gasteiger partial charge in [0.15, 0.2) is 0 Å². The summed E-state index contributed by atoms with van der Waals surface area (Å²) in [5, 5.41) is 2.03. The van der Waals surface area contributed by atoms with Gasteiger partial charge in [-0.1, -0.05) is 18.2 Å². The van der Waals surface area contributed by atoms with Crippen LogP contribution in [0.1, 0.15) is 6.92 Å². The molecule has 0 saturated heterocycles. The summed E-state index contributed by atoms with van der Waals surface area (Å²) < 4.78 is 0. The molecule has 0 amide bonds. The van der Waals surface area contributed by atoms with Crippen LogP contribution in [0.2, 0.25) is 0 Å². The van der Waals surface area contributed by atoms with E-state index < -0.39 is 0 Å². The second-order valence-corrected chi connectivity index (χ2v) is 2.96. The first kappa shape index (κ1) is 7.37. The van der Waals surface area contributed by atoms with Gasteiger partial charge in [0.1, 0.15) is 0 Å². The van der Waals surface area contributed by atoms with E-state index in [-0.39, 0.29) is 0 Å². The zero-order valence-corrected chi connectivity index (χ0v) is 7.07. The first-order chi connectivity index (χ1) is 5.86. The zero-order valence-electron chi connectivity index (χ0n) is 7.07. The molecule has 12 heavy (non-hydrogen) atoms. The third-order valence-corrected chi connectivity index (χ3v) is 1.90. The predicted octanol–water partition coefficient (Wildman–Crippen LogP) is 1.91. The molecule has 62 valence electrons. The molecular formula is C10H12N2. The van der Waals surface area contributed by atoms with Crippen molar-refractivity contribution in [2.24, 2.45) is 0 Å². The van der Waals surface area contributed by atoms with Crippen LogP contribution in [0.3, 0.4) is 0 Å². The van der Waals surface area contributed by atoms with Gasteiger partial charge in [-0.2, -0.15) is 0 Å². The minimum Gasteiger partial charge on any atom is -0.284 e.